The van der Waals surface area contributed by atoms with Gasteiger partial charge in [0, 0.05) is 0 Å². The summed E-state index contributed by atoms with van der Waals surface area (Å²) in [4.78, 5) is 11.3. The first-order valence-corrected chi connectivity index (χ1v) is 6.27. The summed E-state index contributed by atoms with van der Waals surface area (Å²) in [6.07, 6.45) is 8.42. The Kier molecular flexibility index (Phi) is 2.86. The highest BCUT2D eigenvalue weighted by Crippen LogP contribution is 2.44. The van der Waals surface area contributed by atoms with Crippen molar-refractivity contribution in [2.24, 2.45) is 0 Å². The standard InChI is InChI=1S/C11H16O2S/c12-10(13)11(6-3-7-14-11)8-9-4-1-2-5-9/h4H,1-3,5-8H2,(H,12,13). The number of allylic oxidation sites excluding steroid dienone is 2. The van der Waals surface area contributed by atoms with Gasteiger partial charge in [0.25, 0.3) is 0 Å². The Hall–Kier alpha value is -0.440. The molecule has 0 aromatic heterocycles. The molecular weight excluding hydrogens is 196 g/mol. The quantitative estimate of drug-likeness (QED) is 0.731. The summed E-state index contributed by atoms with van der Waals surface area (Å²) in [6, 6.07) is 0. The van der Waals surface area contributed by atoms with Crippen LogP contribution >= 0.6 is 11.8 Å². The molecule has 3 heteroatoms. The summed E-state index contributed by atoms with van der Waals surface area (Å²) >= 11 is 1.64. The van der Waals surface area contributed by atoms with Gasteiger partial charge in [0.1, 0.15) is 4.75 Å². The Morgan fingerprint density at radius 1 is 1.57 bits per heavy atom. The number of hydrogen-bond donors (Lipinski definition) is 1. The lowest BCUT2D eigenvalue weighted by molar-refractivity contribution is -0.139. The highest BCUT2D eigenvalue weighted by Gasteiger charge is 2.42. The zero-order valence-corrected chi connectivity index (χ0v) is 9.11. The summed E-state index contributed by atoms with van der Waals surface area (Å²) in [5.41, 5.74) is 1.38. The molecule has 1 saturated heterocycles. The van der Waals surface area contributed by atoms with Crippen LogP contribution in [0.3, 0.4) is 0 Å². The molecule has 0 amide bonds. The fraction of sp³-hybridized carbons (Fsp3) is 0.727. The maximum Gasteiger partial charge on any atom is 0.320 e. The molecule has 2 nitrogen and oxygen atoms in total. The van der Waals surface area contributed by atoms with Gasteiger partial charge in [0.15, 0.2) is 0 Å². The Morgan fingerprint density at radius 2 is 2.43 bits per heavy atom. The van der Waals surface area contributed by atoms with E-state index in [2.05, 4.69) is 6.08 Å². The molecular formula is C11H16O2S. The smallest absolute Gasteiger partial charge is 0.320 e. The van der Waals surface area contributed by atoms with Gasteiger partial charge in [0.05, 0.1) is 0 Å². The molecule has 1 N–H and O–H groups in total. The van der Waals surface area contributed by atoms with Gasteiger partial charge in [-0.15, -0.1) is 11.8 Å². The molecule has 0 radical (unpaired) electrons. The monoisotopic (exact) mass is 212 g/mol. The fourth-order valence-electron chi connectivity index (χ4n) is 2.35. The van der Waals surface area contributed by atoms with Crippen molar-refractivity contribution in [1.82, 2.24) is 0 Å². The van der Waals surface area contributed by atoms with Gasteiger partial charge in [-0.3, -0.25) is 4.79 Å². The van der Waals surface area contributed by atoms with E-state index < -0.39 is 10.7 Å². The van der Waals surface area contributed by atoms with Crippen molar-refractivity contribution < 1.29 is 9.90 Å². The van der Waals surface area contributed by atoms with E-state index in [1.54, 1.807) is 11.8 Å². The van der Waals surface area contributed by atoms with Crippen LogP contribution in [0.1, 0.15) is 38.5 Å². The van der Waals surface area contributed by atoms with Crippen LogP contribution in [0.5, 0.6) is 0 Å². The number of rotatable bonds is 3. The van der Waals surface area contributed by atoms with Crippen LogP contribution < -0.4 is 0 Å². The van der Waals surface area contributed by atoms with Crippen molar-refractivity contribution in [2.45, 2.75) is 43.3 Å². The first-order valence-electron chi connectivity index (χ1n) is 5.28. The topological polar surface area (TPSA) is 37.3 Å². The average Bonchev–Trinajstić information content (AvgIpc) is 2.76. The van der Waals surface area contributed by atoms with Crippen molar-refractivity contribution in [1.29, 1.82) is 0 Å². The van der Waals surface area contributed by atoms with Crippen molar-refractivity contribution in [3.63, 3.8) is 0 Å². The van der Waals surface area contributed by atoms with Crippen LogP contribution in [0.2, 0.25) is 0 Å². The lowest BCUT2D eigenvalue weighted by atomic mass is 9.94. The second-order valence-electron chi connectivity index (χ2n) is 4.18. The first kappa shape index (κ1) is 10.1. The third kappa shape index (κ3) is 1.83. The first-order chi connectivity index (χ1) is 6.73. The van der Waals surface area contributed by atoms with Gasteiger partial charge in [-0.2, -0.15) is 0 Å². The van der Waals surface area contributed by atoms with Crippen molar-refractivity contribution in [3.8, 4) is 0 Å². The molecule has 0 spiro atoms. The van der Waals surface area contributed by atoms with E-state index in [-0.39, 0.29) is 0 Å². The summed E-state index contributed by atoms with van der Waals surface area (Å²) in [7, 11) is 0. The Morgan fingerprint density at radius 3 is 2.93 bits per heavy atom. The maximum absolute atomic E-state index is 11.3. The Balaban J connectivity index is 2.07. The largest absolute Gasteiger partial charge is 0.480 e. The van der Waals surface area contributed by atoms with Gasteiger partial charge in [-0.1, -0.05) is 11.6 Å². The fourth-order valence-corrected chi connectivity index (χ4v) is 3.72. The summed E-state index contributed by atoms with van der Waals surface area (Å²) in [6.45, 7) is 0. The zero-order valence-electron chi connectivity index (χ0n) is 8.29. The molecule has 0 saturated carbocycles. The van der Waals surface area contributed by atoms with E-state index in [1.807, 2.05) is 0 Å². The van der Waals surface area contributed by atoms with Crippen LogP contribution in [0, 0.1) is 0 Å². The van der Waals surface area contributed by atoms with Gasteiger partial charge < -0.3 is 5.11 Å². The molecule has 1 aliphatic carbocycles. The van der Waals surface area contributed by atoms with Crippen molar-refractivity contribution in [3.05, 3.63) is 11.6 Å². The molecule has 0 aromatic rings. The van der Waals surface area contributed by atoms with E-state index >= 15 is 0 Å². The maximum atomic E-state index is 11.3. The number of carboxylic acids is 1. The average molecular weight is 212 g/mol. The summed E-state index contributed by atoms with van der Waals surface area (Å²) < 4.78 is -0.476. The zero-order chi connectivity index (χ0) is 10.0. The van der Waals surface area contributed by atoms with Crippen LogP contribution in [-0.2, 0) is 4.79 Å². The van der Waals surface area contributed by atoms with Gasteiger partial charge in [-0.05, 0) is 44.3 Å². The van der Waals surface area contributed by atoms with Crippen LogP contribution in [0.4, 0.5) is 0 Å². The number of aliphatic carboxylic acids is 1. The van der Waals surface area contributed by atoms with Crippen LogP contribution in [0.15, 0.2) is 11.6 Å². The normalized spacial score (nSPS) is 31.9. The SMILES string of the molecule is O=C(O)C1(CC2=CCCC2)CCCS1. The van der Waals surface area contributed by atoms with Crippen LogP contribution in [-0.4, -0.2) is 21.6 Å². The predicted octanol–water partition coefficient (Wildman–Crippen LogP) is 2.84. The summed E-state index contributed by atoms with van der Waals surface area (Å²) in [5.74, 6) is 0.410. The third-order valence-corrected chi connectivity index (χ3v) is 4.71. The molecule has 14 heavy (non-hydrogen) atoms. The van der Waals surface area contributed by atoms with E-state index in [1.165, 1.54) is 12.0 Å². The van der Waals surface area contributed by atoms with Crippen molar-refractivity contribution in [2.75, 3.05) is 5.75 Å². The number of hydrogen-bond acceptors (Lipinski definition) is 2. The van der Waals surface area contributed by atoms with Gasteiger partial charge >= 0.3 is 5.97 Å². The molecule has 1 aliphatic heterocycles. The second kappa shape index (κ2) is 3.97. The molecule has 2 aliphatic rings. The highest BCUT2D eigenvalue weighted by atomic mass is 32.2. The van der Waals surface area contributed by atoms with E-state index in [0.717, 1.165) is 37.9 Å². The number of thioether (sulfide) groups is 1. The Labute approximate surface area is 88.8 Å². The van der Waals surface area contributed by atoms with Crippen LogP contribution in [0.25, 0.3) is 0 Å². The molecule has 1 atom stereocenters. The minimum absolute atomic E-state index is 0.476. The van der Waals surface area contributed by atoms with E-state index in [4.69, 9.17) is 0 Å². The van der Waals surface area contributed by atoms with E-state index in [0.29, 0.717) is 0 Å². The van der Waals surface area contributed by atoms with E-state index in [9.17, 15) is 9.90 Å². The lowest BCUT2D eigenvalue weighted by Crippen LogP contribution is -2.32. The summed E-state index contributed by atoms with van der Waals surface area (Å²) in [5, 5.41) is 9.28. The Bertz CT molecular complexity index is 264. The number of carboxylic acid groups (broad SMARTS) is 1. The molecule has 1 unspecified atom stereocenters. The molecule has 0 aromatic carbocycles. The van der Waals surface area contributed by atoms with Gasteiger partial charge in [0.2, 0.25) is 0 Å². The van der Waals surface area contributed by atoms with Gasteiger partial charge in [-0.25, -0.2) is 0 Å². The second-order valence-corrected chi connectivity index (χ2v) is 5.66. The third-order valence-electron chi connectivity index (χ3n) is 3.14. The van der Waals surface area contributed by atoms with Crippen molar-refractivity contribution >= 4 is 17.7 Å². The number of carbonyl (C=O) groups is 1. The molecule has 78 valence electrons. The molecule has 1 heterocycles. The lowest BCUT2D eigenvalue weighted by Gasteiger charge is -2.23. The minimum Gasteiger partial charge on any atom is -0.480 e. The predicted molar refractivity (Wildman–Crippen MR) is 58.6 cm³/mol. The highest BCUT2D eigenvalue weighted by molar-refractivity contribution is 8.01. The molecule has 0 bridgehead atoms. The molecule has 2 rings (SSSR count). The minimum atomic E-state index is -0.604. The molecule has 1 fully saturated rings.